The summed E-state index contributed by atoms with van der Waals surface area (Å²) in [6.45, 7) is 4.00. The fourth-order valence-corrected chi connectivity index (χ4v) is 3.80. The van der Waals surface area contributed by atoms with E-state index in [0.717, 1.165) is 0 Å². The second-order valence-electron chi connectivity index (χ2n) is 10.0. The first-order valence-corrected chi connectivity index (χ1v) is 13.2. The molecule has 0 aliphatic heterocycles. The lowest BCUT2D eigenvalue weighted by molar-refractivity contribution is -0.143. The highest BCUT2D eigenvalue weighted by atomic mass is 16.4. The van der Waals surface area contributed by atoms with E-state index in [4.69, 9.17) is 22.0 Å². The third-order valence-electron chi connectivity index (χ3n) is 5.95. The molecule has 0 unspecified atom stereocenters. The zero-order chi connectivity index (χ0) is 31.1. The molecule has 0 aliphatic carbocycles. The Balaban J connectivity index is 3.08. The number of nitrogens with two attached hydrogens (primary N) is 2. The van der Waals surface area contributed by atoms with Crippen molar-refractivity contribution >= 4 is 35.6 Å². The molecule has 228 valence electrons. The summed E-state index contributed by atoms with van der Waals surface area (Å²) < 4.78 is 0. The Kier molecular flexibility index (Phi) is 14.6. The molecule has 0 spiro atoms. The Morgan fingerprint density at radius 1 is 0.878 bits per heavy atom. The van der Waals surface area contributed by atoms with Crippen LogP contribution in [-0.4, -0.2) is 81.7 Å². The molecular formula is C26H41N7O8. The maximum Gasteiger partial charge on any atom is 0.326 e. The average molecular weight is 580 g/mol. The third kappa shape index (κ3) is 14.0. The molecule has 1 aromatic carbocycles. The molecule has 3 amide bonds. The lowest BCUT2D eigenvalue weighted by Crippen LogP contribution is -2.57. The maximum atomic E-state index is 13.3. The Bertz CT molecular complexity index is 1060. The molecule has 0 bridgehead atoms. The van der Waals surface area contributed by atoms with E-state index in [1.165, 1.54) is 24.3 Å². The lowest BCUT2D eigenvalue weighted by Gasteiger charge is -2.26. The highest BCUT2D eigenvalue weighted by Crippen LogP contribution is 2.13. The molecule has 15 nitrogen and oxygen atoms in total. The van der Waals surface area contributed by atoms with Gasteiger partial charge in [-0.3, -0.25) is 24.6 Å². The van der Waals surface area contributed by atoms with Crippen LogP contribution in [0.25, 0.3) is 0 Å². The molecule has 0 aliphatic rings. The van der Waals surface area contributed by atoms with E-state index < -0.39 is 60.2 Å². The number of guanidine groups is 1. The van der Waals surface area contributed by atoms with Crippen LogP contribution in [-0.2, 0) is 30.4 Å². The van der Waals surface area contributed by atoms with E-state index in [0.29, 0.717) is 18.5 Å². The second kappa shape index (κ2) is 17.3. The topological polar surface area (TPSA) is 270 Å². The molecular weight excluding hydrogens is 538 g/mol. The molecule has 0 saturated heterocycles. The third-order valence-corrected chi connectivity index (χ3v) is 5.95. The summed E-state index contributed by atoms with van der Waals surface area (Å²) >= 11 is 0. The lowest BCUT2D eigenvalue weighted by atomic mass is 10.00. The normalized spacial score (nSPS) is 13.8. The smallest absolute Gasteiger partial charge is 0.326 e. The van der Waals surface area contributed by atoms with Gasteiger partial charge in [-0.15, -0.1) is 0 Å². The number of nitrogens with one attached hydrogen (secondary N) is 5. The quantitative estimate of drug-likeness (QED) is 0.0570. The summed E-state index contributed by atoms with van der Waals surface area (Å²) in [5, 5.41) is 45.2. The minimum absolute atomic E-state index is 0.0217. The van der Waals surface area contributed by atoms with Crippen LogP contribution in [0.3, 0.4) is 0 Å². The van der Waals surface area contributed by atoms with Gasteiger partial charge in [0.05, 0.1) is 6.04 Å². The average Bonchev–Trinajstić information content (AvgIpc) is 2.88. The van der Waals surface area contributed by atoms with Gasteiger partial charge in [-0.2, -0.15) is 0 Å². The van der Waals surface area contributed by atoms with Gasteiger partial charge in [-0.1, -0.05) is 26.0 Å². The van der Waals surface area contributed by atoms with Crippen molar-refractivity contribution in [2.75, 3.05) is 6.54 Å². The van der Waals surface area contributed by atoms with Gasteiger partial charge in [0, 0.05) is 19.4 Å². The van der Waals surface area contributed by atoms with Crippen molar-refractivity contribution in [3.05, 3.63) is 29.8 Å². The van der Waals surface area contributed by atoms with E-state index in [2.05, 4.69) is 21.3 Å². The number of rotatable bonds is 18. The highest BCUT2D eigenvalue weighted by Gasteiger charge is 2.31. The predicted molar refractivity (Wildman–Crippen MR) is 149 cm³/mol. The fourth-order valence-electron chi connectivity index (χ4n) is 3.80. The molecule has 0 saturated carbocycles. The number of carbonyl (C=O) groups is 5. The van der Waals surface area contributed by atoms with Crippen molar-refractivity contribution < 1.29 is 39.3 Å². The Morgan fingerprint density at radius 3 is 1.98 bits per heavy atom. The number of hydrogen-bond acceptors (Lipinski definition) is 8. The number of aliphatic carboxylic acids is 2. The van der Waals surface area contributed by atoms with Gasteiger partial charge >= 0.3 is 11.9 Å². The zero-order valence-electron chi connectivity index (χ0n) is 23.2. The van der Waals surface area contributed by atoms with E-state index in [-0.39, 0.29) is 43.3 Å². The molecule has 0 aromatic heterocycles. The maximum absolute atomic E-state index is 13.3. The number of benzene rings is 1. The largest absolute Gasteiger partial charge is 0.508 e. The predicted octanol–water partition coefficient (Wildman–Crippen LogP) is -1.02. The number of phenolic OH excluding ortho intramolecular Hbond substituents is 1. The summed E-state index contributed by atoms with van der Waals surface area (Å²) in [5.74, 6) is -5.11. The SMILES string of the molecule is CC(C)C[C@H](NC(=O)[C@@H](N)CCCNC(=N)N)C(=O)N[C@@H](Cc1ccc(O)cc1)C(=O)N[C@@H](CCC(=O)O)C(=O)O. The van der Waals surface area contributed by atoms with Crippen LogP contribution in [0.2, 0.25) is 0 Å². The van der Waals surface area contributed by atoms with E-state index in [1.807, 2.05) is 13.8 Å². The van der Waals surface area contributed by atoms with E-state index in [1.54, 1.807) is 0 Å². The Labute approximate surface area is 237 Å². The molecule has 0 heterocycles. The molecule has 0 fully saturated rings. The Hall–Kier alpha value is -4.40. The molecule has 12 N–H and O–H groups in total. The van der Waals surface area contributed by atoms with Crippen molar-refractivity contribution in [3.8, 4) is 5.75 Å². The highest BCUT2D eigenvalue weighted by molar-refractivity contribution is 5.94. The monoisotopic (exact) mass is 579 g/mol. The standard InChI is InChI=1S/C26H41N7O8/c1-14(2)12-19(32-22(37)17(27)4-3-11-30-26(28)29)23(38)33-20(13-15-5-7-16(34)8-6-15)24(39)31-18(25(40)41)9-10-21(35)36/h5-8,14,17-20,34H,3-4,9-13,27H2,1-2H3,(H,31,39)(H,32,37)(H,33,38)(H,35,36)(H,40,41)(H4,28,29,30)/t17-,18-,19-,20-/m0/s1. The molecule has 41 heavy (non-hydrogen) atoms. The van der Waals surface area contributed by atoms with Crippen molar-refractivity contribution in [2.24, 2.45) is 17.4 Å². The summed E-state index contributed by atoms with van der Waals surface area (Å²) in [5.41, 5.74) is 11.7. The van der Waals surface area contributed by atoms with E-state index in [9.17, 15) is 34.2 Å². The minimum atomic E-state index is -1.51. The van der Waals surface area contributed by atoms with Crippen LogP contribution in [0.15, 0.2) is 24.3 Å². The van der Waals surface area contributed by atoms with Gasteiger partial charge in [0.2, 0.25) is 17.7 Å². The molecule has 4 atom stereocenters. The number of phenols is 1. The van der Waals surface area contributed by atoms with Gasteiger partial charge in [-0.25, -0.2) is 4.79 Å². The number of carboxylic acid groups (broad SMARTS) is 2. The summed E-state index contributed by atoms with van der Waals surface area (Å²) in [4.78, 5) is 61.8. The van der Waals surface area contributed by atoms with Crippen LogP contribution in [0.5, 0.6) is 5.75 Å². The van der Waals surface area contributed by atoms with Gasteiger partial charge in [0.15, 0.2) is 5.96 Å². The first-order valence-electron chi connectivity index (χ1n) is 13.2. The number of carbonyl (C=O) groups excluding carboxylic acids is 3. The molecule has 15 heteroatoms. The fraction of sp³-hybridized carbons (Fsp3) is 0.538. The number of carboxylic acids is 2. The second-order valence-corrected chi connectivity index (χ2v) is 10.0. The van der Waals surface area contributed by atoms with Crippen molar-refractivity contribution in [2.45, 2.75) is 76.5 Å². The van der Waals surface area contributed by atoms with Crippen LogP contribution in [0.4, 0.5) is 0 Å². The van der Waals surface area contributed by atoms with Crippen molar-refractivity contribution in [3.63, 3.8) is 0 Å². The summed E-state index contributed by atoms with van der Waals surface area (Å²) in [6.07, 6.45) is -0.0617. The van der Waals surface area contributed by atoms with Crippen LogP contribution >= 0.6 is 0 Å². The van der Waals surface area contributed by atoms with Gasteiger partial charge in [0.25, 0.3) is 0 Å². The van der Waals surface area contributed by atoms with Crippen molar-refractivity contribution in [1.29, 1.82) is 5.41 Å². The van der Waals surface area contributed by atoms with Crippen LogP contribution < -0.4 is 32.7 Å². The minimum Gasteiger partial charge on any atom is -0.508 e. The Morgan fingerprint density at radius 2 is 1.44 bits per heavy atom. The summed E-state index contributed by atoms with van der Waals surface area (Å²) in [7, 11) is 0. The molecule has 1 aromatic rings. The summed E-state index contributed by atoms with van der Waals surface area (Å²) in [6, 6.07) is 0.982. The van der Waals surface area contributed by atoms with Gasteiger partial charge in [-0.05, 0) is 49.3 Å². The van der Waals surface area contributed by atoms with Gasteiger partial charge in [0.1, 0.15) is 23.9 Å². The molecule has 0 radical (unpaired) electrons. The number of amides is 3. The molecule has 1 rings (SSSR count). The van der Waals surface area contributed by atoms with Crippen molar-refractivity contribution in [1.82, 2.24) is 21.3 Å². The van der Waals surface area contributed by atoms with E-state index >= 15 is 0 Å². The van der Waals surface area contributed by atoms with Crippen LogP contribution in [0.1, 0.15) is 51.5 Å². The first kappa shape index (κ1) is 34.6. The zero-order valence-corrected chi connectivity index (χ0v) is 23.2. The number of hydrogen-bond donors (Lipinski definition) is 10. The number of aromatic hydroxyl groups is 1. The van der Waals surface area contributed by atoms with Crippen LogP contribution in [0, 0.1) is 11.3 Å². The van der Waals surface area contributed by atoms with Gasteiger partial charge < -0.3 is 48.1 Å². The first-order chi connectivity index (χ1) is 19.2.